The van der Waals surface area contributed by atoms with Crippen LogP contribution in [0.2, 0.25) is 0 Å². The quantitative estimate of drug-likeness (QED) is 0.393. The van der Waals surface area contributed by atoms with E-state index in [1.807, 2.05) is 6.92 Å². The van der Waals surface area contributed by atoms with Crippen molar-refractivity contribution in [2.45, 2.75) is 38.6 Å². The molecular formula is C11H13N3O4. The van der Waals surface area contributed by atoms with Gasteiger partial charge in [-0.25, -0.2) is 4.79 Å². The third-order valence-corrected chi connectivity index (χ3v) is 2.17. The van der Waals surface area contributed by atoms with Crippen LogP contribution in [0, 0.1) is 39.4 Å². The van der Waals surface area contributed by atoms with Crippen molar-refractivity contribution in [3.63, 3.8) is 0 Å². The van der Waals surface area contributed by atoms with Crippen LogP contribution in [0.3, 0.4) is 0 Å². The van der Waals surface area contributed by atoms with Gasteiger partial charge in [-0.3, -0.25) is 0 Å². The number of unbranched alkanes of at least 4 members (excludes halogenated alkanes) is 2. The Hall–Kier alpha value is -2.14. The maximum atomic E-state index is 11.4. The zero-order valence-corrected chi connectivity index (χ0v) is 9.88. The number of ether oxygens (including phenoxy) is 1. The van der Waals surface area contributed by atoms with Crippen molar-refractivity contribution in [3.05, 3.63) is 0 Å². The summed E-state index contributed by atoms with van der Waals surface area (Å²) in [5.41, 5.74) is -2.68. The Bertz CT molecular complexity index is 389. The topological polar surface area (TPSA) is 138 Å². The van der Waals surface area contributed by atoms with Crippen LogP contribution < -0.4 is 0 Å². The summed E-state index contributed by atoms with van der Waals surface area (Å²) in [5.74, 6) is -4.36. The normalized spacial score (nSPS) is 10.9. The van der Waals surface area contributed by atoms with Gasteiger partial charge in [0.15, 0.2) is 0 Å². The van der Waals surface area contributed by atoms with Gasteiger partial charge in [-0.2, -0.15) is 15.8 Å². The summed E-state index contributed by atoms with van der Waals surface area (Å²) < 4.78 is 4.23. The maximum Gasteiger partial charge on any atom is 0.360 e. The molecule has 0 amide bonds. The van der Waals surface area contributed by atoms with Crippen molar-refractivity contribution in [1.29, 1.82) is 15.8 Å². The SMILES string of the molecule is CCCCCC(O)(O)OC(=O)C(C#N)(C#N)C#N. The third kappa shape index (κ3) is 4.03. The van der Waals surface area contributed by atoms with Crippen LogP contribution in [0.25, 0.3) is 0 Å². The van der Waals surface area contributed by atoms with Crippen LogP contribution in [0.15, 0.2) is 0 Å². The molecule has 2 N–H and O–H groups in total. The number of carbonyl (C=O) groups is 1. The standard InChI is InChI=1S/C11H13N3O4/c1-2-3-4-5-11(16,17)18-9(15)10(6-12,7-13)8-14/h16-17H,2-5H2,1H3. The minimum absolute atomic E-state index is 0.259. The second-order valence-electron chi connectivity index (χ2n) is 3.68. The Morgan fingerprint density at radius 1 is 1.17 bits per heavy atom. The summed E-state index contributed by atoms with van der Waals surface area (Å²) in [4.78, 5) is 11.4. The average Bonchev–Trinajstić information content (AvgIpc) is 2.31. The Labute approximate surface area is 104 Å². The van der Waals surface area contributed by atoms with Crippen molar-refractivity contribution in [3.8, 4) is 18.2 Å². The van der Waals surface area contributed by atoms with Crippen LogP contribution in [-0.4, -0.2) is 22.2 Å². The minimum atomic E-state index is -2.78. The van der Waals surface area contributed by atoms with Gasteiger partial charge in [0.2, 0.25) is 0 Å². The molecule has 0 heterocycles. The highest BCUT2D eigenvalue weighted by Crippen LogP contribution is 2.21. The number of nitrogens with zero attached hydrogens (tertiary/aromatic N) is 3. The van der Waals surface area contributed by atoms with Crippen molar-refractivity contribution in [1.82, 2.24) is 0 Å². The molecule has 0 aliphatic heterocycles. The maximum absolute atomic E-state index is 11.4. The molecule has 0 aromatic rings. The number of hydrogen-bond donors (Lipinski definition) is 2. The molecule has 0 bridgehead atoms. The molecule has 0 aromatic carbocycles. The molecule has 0 fully saturated rings. The van der Waals surface area contributed by atoms with Crippen LogP contribution in [0.5, 0.6) is 0 Å². The molecule has 0 rings (SSSR count). The lowest BCUT2D eigenvalue weighted by atomic mass is 9.94. The van der Waals surface area contributed by atoms with Gasteiger partial charge in [0.05, 0.1) is 0 Å². The molecule has 0 saturated carbocycles. The first-order valence-electron chi connectivity index (χ1n) is 5.29. The highest BCUT2D eigenvalue weighted by atomic mass is 16.8. The molecule has 18 heavy (non-hydrogen) atoms. The van der Waals surface area contributed by atoms with E-state index in [0.29, 0.717) is 12.8 Å². The smallest absolute Gasteiger partial charge is 0.360 e. The first-order chi connectivity index (χ1) is 8.37. The average molecular weight is 251 g/mol. The number of aliphatic hydroxyl groups is 2. The van der Waals surface area contributed by atoms with E-state index in [1.54, 1.807) is 0 Å². The molecular weight excluding hydrogens is 238 g/mol. The molecule has 0 atom stereocenters. The summed E-state index contributed by atoms with van der Waals surface area (Å²) in [6.07, 6.45) is 1.64. The lowest BCUT2D eigenvalue weighted by Gasteiger charge is -2.22. The van der Waals surface area contributed by atoms with Crippen molar-refractivity contribution in [2.24, 2.45) is 5.41 Å². The van der Waals surface area contributed by atoms with Gasteiger partial charge in [0, 0.05) is 6.42 Å². The largest absolute Gasteiger partial charge is 0.405 e. The number of nitriles is 3. The number of esters is 1. The van der Waals surface area contributed by atoms with E-state index < -0.39 is 17.4 Å². The van der Waals surface area contributed by atoms with Crippen LogP contribution in [0.4, 0.5) is 0 Å². The summed E-state index contributed by atoms with van der Waals surface area (Å²) in [7, 11) is 0. The molecule has 0 aliphatic rings. The Morgan fingerprint density at radius 3 is 2.06 bits per heavy atom. The minimum Gasteiger partial charge on any atom is -0.405 e. The van der Waals surface area contributed by atoms with Gasteiger partial charge in [0.1, 0.15) is 18.2 Å². The van der Waals surface area contributed by atoms with E-state index in [1.165, 1.54) is 18.2 Å². The van der Waals surface area contributed by atoms with E-state index in [-0.39, 0.29) is 6.42 Å². The van der Waals surface area contributed by atoms with Gasteiger partial charge < -0.3 is 14.9 Å². The van der Waals surface area contributed by atoms with Gasteiger partial charge in [-0.1, -0.05) is 19.8 Å². The second-order valence-corrected chi connectivity index (χ2v) is 3.68. The molecule has 96 valence electrons. The van der Waals surface area contributed by atoms with Gasteiger partial charge in [0.25, 0.3) is 0 Å². The fourth-order valence-electron chi connectivity index (χ4n) is 1.09. The molecule has 7 nitrogen and oxygen atoms in total. The lowest BCUT2D eigenvalue weighted by Crippen LogP contribution is -2.40. The van der Waals surface area contributed by atoms with Gasteiger partial charge in [-0.05, 0) is 6.42 Å². The zero-order valence-electron chi connectivity index (χ0n) is 9.88. The first kappa shape index (κ1) is 15.9. The third-order valence-electron chi connectivity index (χ3n) is 2.17. The van der Waals surface area contributed by atoms with Gasteiger partial charge >= 0.3 is 17.4 Å². The number of carbonyl (C=O) groups excluding carboxylic acids is 1. The van der Waals surface area contributed by atoms with Crippen LogP contribution in [0.1, 0.15) is 32.6 Å². The fraction of sp³-hybridized carbons (Fsp3) is 0.636. The predicted molar refractivity (Wildman–Crippen MR) is 56.7 cm³/mol. The predicted octanol–water partition coefficient (Wildman–Crippen LogP) is 0.305. The molecule has 0 aromatic heterocycles. The summed E-state index contributed by atoms with van der Waals surface area (Å²) in [6.45, 7) is 1.90. The van der Waals surface area contributed by atoms with Crippen molar-refractivity contribution in [2.75, 3.05) is 0 Å². The fourth-order valence-corrected chi connectivity index (χ4v) is 1.09. The Balaban J connectivity index is 4.71. The first-order valence-corrected chi connectivity index (χ1v) is 5.29. The molecule has 0 unspecified atom stereocenters. The number of hydrogen-bond acceptors (Lipinski definition) is 7. The molecule has 0 spiro atoms. The van der Waals surface area contributed by atoms with E-state index in [2.05, 4.69) is 4.74 Å². The summed E-state index contributed by atoms with van der Waals surface area (Å²) in [5, 5.41) is 44.5. The van der Waals surface area contributed by atoms with Crippen molar-refractivity contribution < 1.29 is 19.7 Å². The van der Waals surface area contributed by atoms with E-state index in [9.17, 15) is 15.0 Å². The van der Waals surface area contributed by atoms with Crippen molar-refractivity contribution >= 4 is 5.97 Å². The van der Waals surface area contributed by atoms with E-state index in [0.717, 1.165) is 6.42 Å². The molecule has 0 aliphatic carbocycles. The van der Waals surface area contributed by atoms with E-state index in [4.69, 9.17) is 15.8 Å². The second kappa shape index (κ2) is 6.56. The molecule has 0 radical (unpaired) electrons. The highest BCUT2D eigenvalue weighted by molar-refractivity contribution is 5.87. The zero-order chi connectivity index (χ0) is 14.2. The van der Waals surface area contributed by atoms with E-state index >= 15 is 0 Å². The monoisotopic (exact) mass is 251 g/mol. The molecule has 7 heteroatoms. The summed E-state index contributed by atoms with van der Waals surface area (Å²) in [6, 6.07) is 3.56. The molecule has 0 saturated heterocycles. The Kier molecular flexibility index (Phi) is 5.78. The lowest BCUT2D eigenvalue weighted by molar-refractivity contribution is -0.324. The highest BCUT2D eigenvalue weighted by Gasteiger charge is 2.45. The Morgan fingerprint density at radius 2 is 1.67 bits per heavy atom. The van der Waals surface area contributed by atoms with Crippen LogP contribution >= 0.6 is 0 Å². The van der Waals surface area contributed by atoms with Gasteiger partial charge in [-0.15, -0.1) is 0 Å². The summed E-state index contributed by atoms with van der Waals surface area (Å²) >= 11 is 0. The van der Waals surface area contributed by atoms with Crippen LogP contribution in [-0.2, 0) is 9.53 Å². The number of rotatable bonds is 6.